The molecule has 0 unspecified atom stereocenters. The highest BCUT2D eigenvalue weighted by atomic mass is 16.5. The van der Waals surface area contributed by atoms with Crippen molar-refractivity contribution in [1.82, 2.24) is 15.1 Å². The van der Waals surface area contributed by atoms with Crippen LogP contribution in [-0.2, 0) is 19.1 Å². The fourth-order valence-electron chi connectivity index (χ4n) is 7.94. The van der Waals surface area contributed by atoms with Gasteiger partial charge >= 0.3 is 0 Å². The molecule has 0 radical (unpaired) electrons. The minimum atomic E-state index is -1.11. The van der Waals surface area contributed by atoms with E-state index in [1.54, 1.807) is 4.90 Å². The van der Waals surface area contributed by atoms with Crippen LogP contribution in [0.1, 0.15) is 83.6 Å². The van der Waals surface area contributed by atoms with Crippen LogP contribution < -0.4 is 10.6 Å². The average Bonchev–Trinajstić information content (AvgIpc) is 3.60. The van der Waals surface area contributed by atoms with Gasteiger partial charge in [-0.25, -0.2) is 0 Å². The first-order valence-electron chi connectivity index (χ1n) is 15.9. The molecule has 0 aromatic heterocycles. The number of piperidine rings is 1. The summed E-state index contributed by atoms with van der Waals surface area (Å²) in [5.41, 5.74) is 0.787. The first kappa shape index (κ1) is 28.4. The molecule has 6 rings (SSSR count). The van der Waals surface area contributed by atoms with Crippen molar-refractivity contribution in [1.29, 1.82) is 0 Å². The molecule has 1 spiro atoms. The number of likely N-dealkylation sites (tertiary alicyclic amines) is 2. The van der Waals surface area contributed by atoms with Crippen LogP contribution in [0.2, 0.25) is 0 Å². The van der Waals surface area contributed by atoms with Gasteiger partial charge < -0.3 is 20.3 Å². The Balaban J connectivity index is 1.25. The number of rotatable bonds is 8. The van der Waals surface area contributed by atoms with Gasteiger partial charge in [0.15, 0.2) is 0 Å². The monoisotopic (exact) mass is 562 g/mol. The molecule has 1 aromatic carbocycles. The molecule has 5 aliphatic rings. The maximum atomic E-state index is 14.3. The summed E-state index contributed by atoms with van der Waals surface area (Å²) in [5, 5.41) is 6.33. The second-order valence-electron chi connectivity index (χ2n) is 13.2. The van der Waals surface area contributed by atoms with E-state index < -0.39 is 29.6 Å². The largest absolute Gasteiger partial charge is 0.359 e. The minimum absolute atomic E-state index is 0.126. The summed E-state index contributed by atoms with van der Waals surface area (Å²) in [5.74, 6) is -1.50. The Morgan fingerprint density at radius 1 is 1.00 bits per heavy atom. The smallest absolute Gasteiger partial charge is 0.246 e. The summed E-state index contributed by atoms with van der Waals surface area (Å²) >= 11 is 0. The third-order valence-corrected chi connectivity index (χ3v) is 10.3. The Kier molecular flexibility index (Phi) is 7.98. The van der Waals surface area contributed by atoms with Crippen molar-refractivity contribution in [3.8, 4) is 0 Å². The second-order valence-corrected chi connectivity index (χ2v) is 13.2. The van der Waals surface area contributed by atoms with E-state index >= 15 is 0 Å². The molecule has 3 amide bonds. The Morgan fingerprint density at radius 3 is 2.44 bits per heavy atom. The number of hydrogen-bond acceptors (Lipinski definition) is 5. The maximum Gasteiger partial charge on any atom is 0.246 e. The molecule has 1 saturated carbocycles. The lowest BCUT2D eigenvalue weighted by Crippen LogP contribution is -2.57. The normalized spacial score (nSPS) is 33.4. The van der Waals surface area contributed by atoms with Gasteiger partial charge in [-0.2, -0.15) is 0 Å². The zero-order chi connectivity index (χ0) is 28.7. The van der Waals surface area contributed by atoms with Crippen molar-refractivity contribution >= 4 is 23.4 Å². The Labute approximate surface area is 244 Å². The molecular weight excluding hydrogens is 516 g/mol. The number of carbonyl (C=O) groups excluding carboxylic acids is 3. The van der Waals surface area contributed by atoms with E-state index in [4.69, 9.17) is 4.74 Å². The number of fused-ring (bicyclic) bond motifs is 1. The van der Waals surface area contributed by atoms with E-state index in [9.17, 15) is 14.4 Å². The highest BCUT2D eigenvalue weighted by Crippen LogP contribution is 2.55. The molecule has 8 nitrogen and oxygen atoms in total. The first-order valence-corrected chi connectivity index (χ1v) is 15.9. The van der Waals surface area contributed by atoms with Gasteiger partial charge in [-0.05, 0) is 62.8 Å². The van der Waals surface area contributed by atoms with Gasteiger partial charge in [-0.3, -0.25) is 19.3 Å². The second kappa shape index (κ2) is 11.5. The molecule has 41 heavy (non-hydrogen) atoms. The van der Waals surface area contributed by atoms with Crippen molar-refractivity contribution in [2.45, 2.75) is 108 Å². The van der Waals surface area contributed by atoms with Crippen molar-refractivity contribution in [3.05, 3.63) is 42.0 Å². The van der Waals surface area contributed by atoms with E-state index in [0.717, 1.165) is 51.6 Å². The molecule has 1 aliphatic carbocycles. The summed E-state index contributed by atoms with van der Waals surface area (Å²) in [7, 11) is 0. The topological polar surface area (TPSA) is 91.0 Å². The van der Waals surface area contributed by atoms with Gasteiger partial charge in [-0.1, -0.05) is 63.8 Å². The van der Waals surface area contributed by atoms with Crippen LogP contribution in [0, 0.1) is 11.8 Å². The summed E-state index contributed by atoms with van der Waals surface area (Å²) in [6.07, 6.45) is 12.2. The van der Waals surface area contributed by atoms with Gasteiger partial charge in [0.05, 0.1) is 17.9 Å². The quantitative estimate of drug-likeness (QED) is 0.463. The van der Waals surface area contributed by atoms with Crippen LogP contribution in [-0.4, -0.2) is 77.0 Å². The van der Waals surface area contributed by atoms with Crippen molar-refractivity contribution in [2.75, 3.05) is 25.0 Å². The molecule has 2 bridgehead atoms. The van der Waals surface area contributed by atoms with Gasteiger partial charge in [-0.15, -0.1) is 0 Å². The number of nitrogens with one attached hydrogen (secondary N) is 2. The Morgan fingerprint density at radius 2 is 1.73 bits per heavy atom. The van der Waals surface area contributed by atoms with E-state index in [0.29, 0.717) is 24.2 Å². The molecule has 3 saturated heterocycles. The van der Waals surface area contributed by atoms with Crippen LogP contribution in [0.5, 0.6) is 0 Å². The maximum absolute atomic E-state index is 14.3. The lowest BCUT2D eigenvalue weighted by Gasteiger charge is -2.37. The van der Waals surface area contributed by atoms with Crippen LogP contribution >= 0.6 is 0 Å². The number of nitrogens with zero attached hydrogens (tertiary/aromatic N) is 2. The molecule has 222 valence electrons. The zero-order valence-corrected chi connectivity index (χ0v) is 24.8. The van der Waals surface area contributed by atoms with E-state index in [-0.39, 0.29) is 23.8 Å². The third kappa shape index (κ3) is 5.22. The zero-order valence-electron chi connectivity index (χ0n) is 24.8. The highest BCUT2D eigenvalue weighted by molar-refractivity contribution is 6.02. The summed E-state index contributed by atoms with van der Waals surface area (Å²) < 4.78 is 6.53. The first-order chi connectivity index (χ1) is 19.8. The van der Waals surface area contributed by atoms with Crippen molar-refractivity contribution < 1.29 is 19.1 Å². The number of ether oxygens (including phenoxy) is 1. The fourth-order valence-corrected chi connectivity index (χ4v) is 7.94. The number of carbonyl (C=O) groups is 3. The SMILES string of the molecule is CC(C)c1ccc(NC(=O)[C@H]2[C@H]3C=C[C@]4(O3)[C@H](C(=O)NC3CCCCC3)N(CCN3CCCC[C@@H]3C)C(=O)[C@@H]24)cc1. The van der Waals surface area contributed by atoms with Gasteiger partial charge in [0.25, 0.3) is 0 Å². The van der Waals surface area contributed by atoms with Crippen LogP contribution in [0.4, 0.5) is 5.69 Å². The van der Waals surface area contributed by atoms with Crippen LogP contribution in [0.15, 0.2) is 36.4 Å². The van der Waals surface area contributed by atoms with Gasteiger partial charge in [0.1, 0.15) is 11.6 Å². The van der Waals surface area contributed by atoms with Crippen molar-refractivity contribution in [3.63, 3.8) is 0 Å². The predicted octanol–water partition coefficient (Wildman–Crippen LogP) is 4.22. The summed E-state index contributed by atoms with van der Waals surface area (Å²) in [4.78, 5) is 46.2. The molecule has 2 N–H and O–H groups in total. The van der Waals surface area contributed by atoms with E-state index in [1.807, 2.05) is 36.4 Å². The van der Waals surface area contributed by atoms with E-state index in [1.165, 1.54) is 18.4 Å². The summed E-state index contributed by atoms with van der Waals surface area (Å²) in [6, 6.07) is 7.68. The lowest BCUT2D eigenvalue weighted by atomic mass is 9.74. The highest BCUT2D eigenvalue weighted by Gasteiger charge is 2.72. The Bertz CT molecular complexity index is 1180. The van der Waals surface area contributed by atoms with Crippen LogP contribution in [0.25, 0.3) is 0 Å². The van der Waals surface area contributed by atoms with E-state index in [2.05, 4.69) is 36.3 Å². The minimum Gasteiger partial charge on any atom is -0.359 e. The number of benzene rings is 1. The molecule has 1 aromatic rings. The van der Waals surface area contributed by atoms with Crippen molar-refractivity contribution in [2.24, 2.45) is 11.8 Å². The molecule has 4 aliphatic heterocycles. The number of hydrogen-bond donors (Lipinski definition) is 2. The lowest BCUT2D eigenvalue weighted by molar-refractivity contribution is -0.141. The molecule has 4 fully saturated rings. The number of anilines is 1. The molecule has 6 atom stereocenters. The fraction of sp³-hybridized carbons (Fsp3) is 0.667. The van der Waals surface area contributed by atoms with Gasteiger partial charge in [0, 0.05) is 30.9 Å². The predicted molar refractivity (Wildman–Crippen MR) is 158 cm³/mol. The molecular formula is C33H46N4O4. The van der Waals surface area contributed by atoms with Crippen LogP contribution in [0.3, 0.4) is 0 Å². The standard InChI is InChI=1S/C33H46N4O4/c1-21(2)23-12-14-25(15-13-23)34-30(38)27-26-16-17-33(41-26)28(27)32(40)37(20-19-36-18-8-7-9-22(36)3)29(33)31(39)35-24-10-5-4-6-11-24/h12-17,21-22,24,26-29H,4-11,18-20H2,1-3H3,(H,34,38)(H,35,39)/t22-,26+,27-,28+,29-,33+/m0/s1. The van der Waals surface area contributed by atoms with Gasteiger partial charge in [0.2, 0.25) is 17.7 Å². The molecule has 4 heterocycles. The Hall–Kier alpha value is -2.71. The number of amides is 3. The summed E-state index contributed by atoms with van der Waals surface area (Å²) in [6.45, 7) is 8.70. The third-order valence-electron chi connectivity index (χ3n) is 10.3. The molecule has 8 heteroatoms. The average molecular weight is 563 g/mol.